The number of hydrogen-bond donors (Lipinski definition) is 1. The number of aromatic nitrogens is 1. The quantitative estimate of drug-likeness (QED) is 0.526. The van der Waals surface area contributed by atoms with Crippen molar-refractivity contribution in [3.05, 3.63) is 35.5 Å². The van der Waals surface area contributed by atoms with Crippen molar-refractivity contribution in [3.63, 3.8) is 0 Å². The third-order valence-corrected chi connectivity index (χ3v) is 6.11. The fourth-order valence-corrected chi connectivity index (χ4v) is 4.57. The van der Waals surface area contributed by atoms with Crippen LogP contribution in [0, 0.1) is 18.3 Å². The minimum absolute atomic E-state index is 0.179. The number of nitrogens with two attached hydrogens (primary N) is 1. The number of aryl methyl sites for hydroxylation is 1. The number of anilines is 1. The van der Waals surface area contributed by atoms with E-state index in [9.17, 15) is 4.79 Å². The lowest BCUT2D eigenvalue weighted by atomic mass is 9.87. The first-order chi connectivity index (χ1) is 13.8. The molecule has 2 aromatic rings. The van der Waals surface area contributed by atoms with E-state index in [0.717, 1.165) is 62.0 Å². The zero-order valence-electron chi connectivity index (χ0n) is 18.3. The number of piperidine rings is 1. The summed E-state index contributed by atoms with van der Waals surface area (Å²) in [5.74, 6) is 0.801. The molecule has 158 valence electrons. The molecule has 1 aromatic carbocycles. The molecule has 0 saturated carbocycles. The predicted octanol–water partition coefficient (Wildman–Crippen LogP) is 4.47. The lowest BCUT2D eigenvalue weighted by molar-refractivity contribution is 0.0557. The second-order valence-corrected chi connectivity index (χ2v) is 9.33. The Morgan fingerprint density at radius 3 is 2.76 bits per heavy atom. The average molecular weight is 398 g/mol. The molecule has 2 heterocycles. The maximum atomic E-state index is 13.0. The molecule has 5 nitrogen and oxygen atoms in total. The molecule has 0 spiro atoms. The Balaban J connectivity index is 1.56. The van der Waals surface area contributed by atoms with Gasteiger partial charge in [0, 0.05) is 48.3 Å². The molecule has 1 saturated heterocycles. The van der Waals surface area contributed by atoms with Crippen molar-refractivity contribution < 1.29 is 9.53 Å². The second-order valence-electron chi connectivity index (χ2n) is 9.33. The van der Waals surface area contributed by atoms with Crippen LogP contribution in [0.2, 0.25) is 0 Å². The molecule has 1 aliphatic rings. The summed E-state index contributed by atoms with van der Waals surface area (Å²) in [5, 5.41) is 0.878. The average Bonchev–Trinajstić information content (AvgIpc) is 2.69. The van der Waals surface area contributed by atoms with Gasteiger partial charge in [0.2, 0.25) is 0 Å². The molecule has 29 heavy (non-hydrogen) atoms. The Hall–Kier alpha value is -1.98. The Bertz CT molecular complexity index is 855. The fourth-order valence-electron chi connectivity index (χ4n) is 4.57. The van der Waals surface area contributed by atoms with Gasteiger partial charge in [-0.05, 0) is 69.0 Å². The van der Waals surface area contributed by atoms with Crippen LogP contribution in [0.25, 0.3) is 10.9 Å². The number of pyridine rings is 1. The largest absolute Gasteiger partial charge is 0.398 e. The first kappa shape index (κ1) is 21.7. The Morgan fingerprint density at radius 2 is 2.07 bits per heavy atom. The fraction of sp³-hybridized carbons (Fsp3) is 0.583. The maximum Gasteiger partial charge on any atom is 0.165 e. The number of fused-ring (bicyclic) bond motifs is 1. The number of rotatable bonds is 8. The second kappa shape index (κ2) is 9.23. The van der Waals surface area contributed by atoms with Gasteiger partial charge in [-0.15, -0.1) is 0 Å². The molecular weight excluding hydrogens is 362 g/mol. The number of methoxy groups -OCH3 is 1. The van der Waals surface area contributed by atoms with E-state index in [4.69, 9.17) is 10.5 Å². The first-order valence-corrected chi connectivity index (χ1v) is 10.7. The van der Waals surface area contributed by atoms with Gasteiger partial charge < -0.3 is 15.4 Å². The van der Waals surface area contributed by atoms with Crippen LogP contribution in [-0.2, 0) is 4.74 Å². The third kappa shape index (κ3) is 5.34. The number of carbonyl (C=O) groups is 1. The molecule has 2 N–H and O–H groups in total. The molecule has 0 atom stereocenters. The highest BCUT2D eigenvalue weighted by molar-refractivity contribution is 6.09. The first-order valence-electron chi connectivity index (χ1n) is 10.7. The van der Waals surface area contributed by atoms with Crippen molar-refractivity contribution in [1.29, 1.82) is 0 Å². The normalized spacial score (nSPS) is 16.4. The lowest BCUT2D eigenvalue weighted by Gasteiger charge is -2.37. The van der Waals surface area contributed by atoms with E-state index >= 15 is 0 Å². The van der Waals surface area contributed by atoms with Crippen LogP contribution in [0.15, 0.2) is 24.4 Å². The van der Waals surface area contributed by atoms with Crippen LogP contribution in [0.1, 0.15) is 55.5 Å². The van der Waals surface area contributed by atoms with Crippen LogP contribution < -0.4 is 5.73 Å². The van der Waals surface area contributed by atoms with Crippen molar-refractivity contribution in [2.24, 2.45) is 11.3 Å². The van der Waals surface area contributed by atoms with E-state index in [1.54, 1.807) is 13.3 Å². The monoisotopic (exact) mass is 397 g/mol. The molecule has 0 amide bonds. The summed E-state index contributed by atoms with van der Waals surface area (Å²) < 4.78 is 5.35. The van der Waals surface area contributed by atoms with Gasteiger partial charge in [-0.1, -0.05) is 13.8 Å². The van der Waals surface area contributed by atoms with Crippen molar-refractivity contribution in [2.75, 3.05) is 39.1 Å². The molecule has 0 radical (unpaired) electrons. The van der Waals surface area contributed by atoms with E-state index in [1.165, 1.54) is 0 Å². The van der Waals surface area contributed by atoms with Crippen LogP contribution in [-0.4, -0.2) is 49.0 Å². The van der Waals surface area contributed by atoms with Crippen LogP contribution in [0.3, 0.4) is 0 Å². The molecule has 1 fully saturated rings. The summed E-state index contributed by atoms with van der Waals surface area (Å²) in [6, 6.07) is 5.73. The minimum Gasteiger partial charge on any atom is -0.398 e. The van der Waals surface area contributed by atoms with Gasteiger partial charge in [0.25, 0.3) is 0 Å². The number of Topliss-reactive ketones (excluding diaryl/α,β-unsaturated/α-hetero) is 1. The van der Waals surface area contributed by atoms with E-state index in [1.807, 2.05) is 25.1 Å². The number of nitrogen functional groups attached to an aromatic ring is 1. The van der Waals surface area contributed by atoms with Crippen LogP contribution >= 0.6 is 0 Å². The highest BCUT2D eigenvalue weighted by Crippen LogP contribution is 2.29. The van der Waals surface area contributed by atoms with E-state index in [-0.39, 0.29) is 11.2 Å². The Morgan fingerprint density at radius 1 is 1.34 bits per heavy atom. The number of hydrogen-bond acceptors (Lipinski definition) is 5. The highest BCUT2D eigenvalue weighted by Gasteiger charge is 2.26. The van der Waals surface area contributed by atoms with Gasteiger partial charge in [0.15, 0.2) is 5.78 Å². The van der Waals surface area contributed by atoms with Gasteiger partial charge in [0.1, 0.15) is 0 Å². The van der Waals surface area contributed by atoms with Crippen molar-refractivity contribution in [3.8, 4) is 0 Å². The molecule has 1 aromatic heterocycles. The molecule has 0 aliphatic carbocycles. The topological polar surface area (TPSA) is 68.5 Å². The summed E-state index contributed by atoms with van der Waals surface area (Å²) in [6.45, 7) is 10.5. The summed E-state index contributed by atoms with van der Waals surface area (Å²) in [7, 11) is 1.77. The zero-order chi connectivity index (χ0) is 21.0. The zero-order valence-corrected chi connectivity index (χ0v) is 18.3. The smallest absolute Gasteiger partial charge is 0.165 e. The molecular formula is C24H35N3O2. The number of benzene rings is 1. The van der Waals surface area contributed by atoms with E-state index in [0.29, 0.717) is 23.6 Å². The van der Waals surface area contributed by atoms with Gasteiger partial charge >= 0.3 is 0 Å². The number of carbonyl (C=O) groups excluding carboxylic acids is 1. The van der Waals surface area contributed by atoms with Crippen LogP contribution in [0.4, 0.5) is 5.69 Å². The molecule has 3 rings (SSSR count). The van der Waals surface area contributed by atoms with E-state index in [2.05, 4.69) is 23.7 Å². The Labute approximate surface area is 174 Å². The number of ketones is 1. The van der Waals surface area contributed by atoms with Crippen molar-refractivity contribution in [1.82, 2.24) is 9.88 Å². The van der Waals surface area contributed by atoms with Crippen molar-refractivity contribution in [2.45, 2.75) is 46.5 Å². The summed E-state index contributed by atoms with van der Waals surface area (Å²) in [5.41, 5.74) is 9.48. The number of likely N-dealkylation sites (tertiary alicyclic amines) is 1. The summed E-state index contributed by atoms with van der Waals surface area (Å²) in [4.78, 5) is 20.0. The maximum absolute atomic E-state index is 13.0. The molecule has 0 bridgehead atoms. The SMILES string of the molecule is COCC(C)(C)CN1CCC(CCC(=O)c2cc(C)c(N)c3cccnc23)CC1. The minimum atomic E-state index is 0.179. The summed E-state index contributed by atoms with van der Waals surface area (Å²) in [6.07, 6.45) is 5.58. The molecule has 0 unspecified atom stereocenters. The molecule has 1 aliphatic heterocycles. The van der Waals surface area contributed by atoms with E-state index < -0.39 is 0 Å². The van der Waals surface area contributed by atoms with Gasteiger partial charge in [-0.2, -0.15) is 0 Å². The van der Waals surface area contributed by atoms with Crippen LogP contribution in [0.5, 0.6) is 0 Å². The standard InChI is InChI=1S/C24H35N3O2/c1-17-14-20(23-19(22(17)25)6-5-11-26-23)21(28)8-7-18-9-12-27(13-10-18)15-24(2,3)16-29-4/h5-6,11,14,18H,7-10,12-13,15-16,25H2,1-4H3. The summed E-state index contributed by atoms with van der Waals surface area (Å²) >= 11 is 0. The lowest BCUT2D eigenvalue weighted by Crippen LogP contribution is -2.41. The third-order valence-electron chi connectivity index (χ3n) is 6.11. The van der Waals surface area contributed by atoms with Crippen molar-refractivity contribution >= 4 is 22.4 Å². The number of nitrogens with zero attached hydrogens (tertiary/aromatic N) is 2. The van der Waals surface area contributed by atoms with Gasteiger partial charge in [0.05, 0.1) is 12.1 Å². The van der Waals surface area contributed by atoms with Gasteiger partial charge in [-0.25, -0.2) is 0 Å². The Kier molecular flexibility index (Phi) is 6.91. The predicted molar refractivity (Wildman–Crippen MR) is 119 cm³/mol. The molecule has 5 heteroatoms. The highest BCUT2D eigenvalue weighted by atomic mass is 16.5. The van der Waals surface area contributed by atoms with Gasteiger partial charge in [-0.3, -0.25) is 9.78 Å². The number of ether oxygens (including phenoxy) is 1.